The molecule has 7 nitrogen and oxygen atoms in total. The number of aryl methyl sites for hydroxylation is 2. The zero-order valence-corrected chi connectivity index (χ0v) is 18.8. The summed E-state index contributed by atoms with van der Waals surface area (Å²) in [5.41, 5.74) is 4.98. The maximum absolute atomic E-state index is 12.5. The smallest absolute Gasteiger partial charge is 0.348 e. The van der Waals surface area contributed by atoms with Crippen LogP contribution in [0.2, 0.25) is 0 Å². The topological polar surface area (TPSA) is 93.7 Å². The highest BCUT2D eigenvalue weighted by atomic mass is 32.1. The summed E-state index contributed by atoms with van der Waals surface area (Å²) < 4.78 is 5.24. The van der Waals surface area contributed by atoms with Crippen LogP contribution < -0.4 is 0 Å². The Labute approximate surface area is 189 Å². The molecule has 2 aromatic carbocycles. The van der Waals surface area contributed by atoms with Gasteiger partial charge in [0.15, 0.2) is 0 Å². The fourth-order valence-electron chi connectivity index (χ4n) is 3.50. The molecule has 0 fully saturated rings. The van der Waals surface area contributed by atoms with Gasteiger partial charge in [0.05, 0.1) is 19.2 Å². The highest BCUT2D eigenvalue weighted by Crippen LogP contribution is 2.38. The minimum atomic E-state index is -0.388. The van der Waals surface area contributed by atoms with Gasteiger partial charge in [-0.1, -0.05) is 55.5 Å². The number of esters is 1. The molecule has 0 saturated heterocycles. The highest BCUT2D eigenvalue weighted by molar-refractivity contribution is 7.14. The Morgan fingerprint density at radius 1 is 1.03 bits per heavy atom. The molecule has 0 radical (unpaired) electrons. The Kier molecular flexibility index (Phi) is 6.10. The summed E-state index contributed by atoms with van der Waals surface area (Å²) >= 11 is 1.34. The molecule has 2 aromatic heterocycles. The third kappa shape index (κ3) is 4.03. The van der Waals surface area contributed by atoms with E-state index < -0.39 is 0 Å². The van der Waals surface area contributed by atoms with E-state index in [9.17, 15) is 10.1 Å². The van der Waals surface area contributed by atoms with Gasteiger partial charge in [-0.2, -0.15) is 10.1 Å². The largest absolute Gasteiger partial charge is 0.462 e. The minimum Gasteiger partial charge on any atom is -0.462 e. The molecular weight excluding hydrogens is 422 g/mol. The summed E-state index contributed by atoms with van der Waals surface area (Å²) in [6, 6.07) is 18.1. The first-order valence-electron chi connectivity index (χ1n) is 10.2. The van der Waals surface area contributed by atoms with Crippen molar-refractivity contribution >= 4 is 17.3 Å². The molecule has 0 saturated carbocycles. The zero-order chi connectivity index (χ0) is 22.7. The lowest BCUT2D eigenvalue weighted by Gasteiger charge is -2.07. The molecule has 4 rings (SSSR count). The van der Waals surface area contributed by atoms with E-state index in [2.05, 4.69) is 21.5 Å². The number of nitriles is 1. The molecule has 0 aliphatic carbocycles. The molecule has 0 amide bonds. The summed E-state index contributed by atoms with van der Waals surface area (Å²) in [4.78, 5) is 15.3. The van der Waals surface area contributed by atoms with Crippen LogP contribution in [-0.2, 0) is 18.2 Å². The number of ether oxygens (including phenoxy) is 1. The SMILES string of the molecule is CCOC(=O)c1sc(CC)c(C#N)c1-c1ccc(-c2ccc(-c3nnn(C)n3)cc2)cc1. The quantitative estimate of drug-likeness (QED) is 0.394. The first-order chi connectivity index (χ1) is 15.5. The van der Waals surface area contributed by atoms with Crippen LogP contribution in [0.15, 0.2) is 48.5 Å². The van der Waals surface area contributed by atoms with Gasteiger partial charge < -0.3 is 4.74 Å². The van der Waals surface area contributed by atoms with Gasteiger partial charge >= 0.3 is 5.97 Å². The van der Waals surface area contributed by atoms with E-state index in [0.29, 0.717) is 34.9 Å². The van der Waals surface area contributed by atoms with Crippen LogP contribution >= 0.6 is 11.3 Å². The van der Waals surface area contributed by atoms with Crippen molar-refractivity contribution in [1.29, 1.82) is 5.26 Å². The van der Waals surface area contributed by atoms with Crippen molar-refractivity contribution in [2.45, 2.75) is 20.3 Å². The predicted molar refractivity (Wildman–Crippen MR) is 123 cm³/mol. The molecule has 2 heterocycles. The van der Waals surface area contributed by atoms with Crippen molar-refractivity contribution in [3.63, 3.8) is 0 Å². The average Bonchev–Trinajstić information content (AvgIpc) is 3.43. The number of tetrazole rings is 1. The molecule has 0 aliphatic heterocycles. The van der Waals surface area contributed by atoms with E-state index >= 15 is 0 Å². The van der Waals surface area contributed by atoms with Gasteiger partial charge in [-0.15, -0.1) is 21.5 Å². The van der Waals surface area contributed by atoms with Gasteiger partial charge in [0.2, 0.25) is 5.82 Å². The van der Waals surface area contributed by atoms with E-state index in [1.165, 1.54) is 16.1 Å². The molecule has 4 aromatic rings. The number of carbonyl (C=O) groups is 1. The van der Waals surface area contributed by atoms with Crippen molar-refractivity contribution in [2.24, 2.45) is 7.05 Å². The van der Waals surface area contributed by atoms with Gasteiger partial charge in [-0.05, 0) is 35.2 Å². The van der Waals surface area contributed by atoms with Crippen molar-refractivity contribution < 1.29 is 9.53 Å². The zero-order valence-electron chi connectivity index (χ0n) is 18.0. The second kappa shape index (κ2) is 9.12. The van der Waals surface area contributed by atoms with E-state index in [0.717, 1.165) is 27.1 Å². The number of aromatic nitrogens is 4. The number of rotatable bonds is 6. The molecular formula is C24H21N5O2S. The number of hydrogen-bond donors (Lipinski definition) is 0. The summed E-state index contributed by atoms with van der Waals surface area (Å²) in [5.74, 6) is 0.190. The van der Waals surface area contributed by atoms with Gasteiger partial charge in [-0.3, -0.25) is 0 Å². The normalized spacial score (nSPS) is 10.7. The van der Waals surface area contributed by atoms with Crippen LogP contribution in [0.1, 0.15) is 34.0 Å². The summed E-state index contributed by atoms with van der Waals surface area (Å²) in [6.45, 7) is 4.05. The molecule has 8 heteroatoms. The van der Waals surface area contributed by atoms with Crippen LogP contribution in [-0.4, -0.2) is 32.8 Å². The number of carbonyl (C=O) groups excluding carboxylic acids is 1. The molecule has 32 heavy (non-hydrogen) atoms. The second-order valence-electron chi connectivity index (χ2n) is 7.05. The third-order valence-corrected chi connectivity index (χ3v) is 6.35. The second-order valence-corrected chi connectivity index (χ2v) is 8.15. The fraction of sp³-hybridized carbons (Fsp3) is 0.208. The van der Waals surface area contributed by atoms with E-state index in [1.54, 1.807) is 14.0 Å². The summed E-state index contributed by atoms with van der Waals surface area (Å²) in [5, 5.41) is 21.9. The molecule has 160 valence electrons. The van der Waals surface area contributed by atoms with Gasteiger partial charge in [0, 0.05) is 16.0 Å². The first-order valence-corrected chi connectivity index (χ1v) is 11.1. The molecule has 0 spiro atoms. The maximum atomic E-state index is 12.5. The molecule has 0 N–H and O–H groups in total. The minimum absolute atomic E-state index is 0.290. The molecule has 0 unspecified atom stereocenters. The van der Waals surface area contributed by atoms with Crippen molar-refractivity contribution in [3.8, 4) is 39.7 Å². The van der Waals surface area contributed by atoms with Crippen LogP contribution in [0.3, 0.4) is 0 Å². The highest BCUT2D eigenvalue weighted by Gasteiger charge is 2.24. The van der Waals surface area contributed by atoms with Crippen LogP contribution in [0.5, 0.6) is 0 Å². The van der Waals surface area contributed by atoms with Crippen LogP contribution in [0.4, 0.5) is 0 Å². The van der Waals surface area contributed by atoms with Crippen molar-refractivity contribution in [2.75, 3.05) is 6.61 Å². The molecule has 0 atom stereocenters. The Balaban J connectivity index is 1.68. The number of thiophene rings is 1. The Bertz CT molecular complexity index is 1300. The lowest BCUT2D eigenvalue weighted by Crippen LogP contribution is -2.04. The standard InChI is InChI=1S/C24H21N5O2S/c1-4-20-19(14-25)21(22(32-20)24(30)31-5-2)17-10-6-15(7-11-17)16-8-12-18(13-9-16)23-26-28-29(3)27-23/h6-13H,4-5H2,1-3H3. The van der Waals surface area contributed by atoms with Crippen LogP contribution in [0, 0.1) is 11.3 Å². The number of nitrogens with zero attached hydrogens (tertiary/aromatic N) is 5. The average molecular weight is 444 g/mol. The first kappa shape index (κ1) is 21.4. The molecule has 0 bridgehead atoms. The van der Waals surface area contributed by atoms with Gasteiger partial charge in [0.25, 0.3) is 0 Å². The predicted octanol–water partition coefficient (Wildman–Crippen LogP) is 4.88. The lowest BCUT2D eigenvalue weighted by molar-refractivity contribution is 0.0533. The summed E-state index contributed by atoms with van der Waals surface area (Å²) in [7, 11) is 1.73. The van der Waals surface area contributed by atoms with E-state index in [1.807, 2.05) is 55.5 Å². The van der Waals surface area contributed by atoms with E-state index in [4.69, 9.17) is 4.74 Å². The monoisotopic (exact) mass is 443 g/mol. The lowest BCUT2D eigenvalue weighted by atomic mass is 9.97. The Hall–Kier alpha value is -3.83. The van der Waals surface area contributed by atoms with Crippen molar-refractivity contribution in [3.05, 3.63) is 63.8 Å². The van der Waals surface area contributed by atoms with Gasteiger partial charge in [-0.25, -0.2) is 4.79 Å². The maximum Gasteiger partial charge on any atom is 0.348 e. The summed E-state index contributed by atoms with van der Waals surface area (Å²) in [6.07, 6.45) is 0.686. The Morgan fingerprint density at radius 2 is 1.62 bits per heavy atom. The number of benzene rings is 2. The fourth-order valence-corrected chi connectivity index (χ4v) is 4.61. The van der Waals surface area contributed by atoms with Gasteiger partial charge in [0.1, 0.15) is 10.9 Å². The number of hydrogen-bond acceptors (Lipinski definition) is 7. The third-order valence-electron chi connectivity index (χ3n) is 5.03. The Morgan fingerprint density at radius 3 is 2.12 bits per heavy atom. The molecule has 0 aliphatic rings. The van der Waals surface area contributed by atoms with Crippen molar-refractivity contribution in [1.82, 2.24) is 20.2 Å². The van der Waals surface area contributed by atoms with E-state index in [-0.39, 0.29) is 5.97 Å². The van der Waals surface area contributed by atoms with Crippen LogP contribution in [0.25, 0.3) is 33.6 Å².